The molecule has 1 aliphatic heterocycles. The lowest BCUT2D eigenvalue weighted by Gasteiger charge is -2.41. The van der Waals surface area contributed by atoms with Crippen LogP contribution in [0.25, 0.3) is 0 Å². The molecule has 1 heterocycles. The average Bonchev–Trinajstić information content (AvgIpc) is 2.90. The molecule has 3 aromatic rings. The Bertz CT molecular complexity index is 964. The van der Waals surface area contributed by atoms with E-state index in [1.54, 1.807) is 6.08 Å². The molecule has 34 heavy (non-hydrogen) atoms. The van der Waals surface area contributed by atoms with Gasteiger partial charge in [0.1, 0.15) is 18.3 Å². The molecule has 1 aliphatic rings. The molecule has 4 rings (SSSR count). The Labute approximate surface area is 201 Å². The van der Waals surface area contributed by atoms with Gasteiger partial charge in [-0.1, -0.05) is 97.1 Å². The highest BCUT2D eigenvalue weighted by molar-refractivity contribution is 5.15. The van der Waals surface area contributed by atoms with E-state index in [1.165, 1.54) is 0 Å². The summed E-state index contributed by atoms with van der Waals surface area (Å²) in [4.78, 5) is 0. The van der Waals surface area contributed by atoms with Gasteiger partial charge in [0.05, 0.1) is 33.0 Å². The third-order valence-corrected chi connectivity index (χ3v) is 5.64. The number of ether oxygens (including phenoxy) is 5. The summed E-state index contributed by atoms with van der Waals surface area (Å²) >= 11 is 0. The van der Waals surface area contributed by atoms with Gasteiger partial charge in [-0.05, 0) is 16.7 Å². The van der Waals surface area contributed by atoms with Gasteiger partial charge in [-0.25, -0.2) is 0 Å². The minimum atomic E-state index is -0.584. The summed E-state index contributed by atoms with van der Waals surface area (Å²) in [6, 6.07) is 30.2. The molecule has 3 aromatic carbocycles. The van der Waals surface area contributed by atoms with Crippen molar-refractivity contribution in [3.05, 3.63) is 120 Å². The zero-order valence-corrected chi connectivity index (χ0v) is 19.3. The molecule has 2 unspecified atom stereocenters. The van der Waals surface area contributed by atoms with Crippen molar-refractivity contribution in [3.63, 3.8) is 0 Å². The Balaban J connectivity index is 1.51. The molecule has 0 radical (unpaired) electrons. The molecule has 0 aliphatic carbocycles. The highest BCUT2D eigenvalue weighted by Crippen LogP contribution is 2.27. The zero-order chi connectivity index (χ0) is 23.4. The number of hydrogen-bond donors (Lipinski definition) is 0. The van der Waals surface area contributed by atoms with Gasteiger partial charge in [-0.3, -0.25) is 0 Å². The Kier molecular flexibility index (Phi) is 9.43. The van der Waals surface area contributed by atoms with Gasteiger partial charge in [-0.2, -0.15) is 0 Å². The third kappa shape index (κ3) is 7.10. The van der Waals surface area contributed by atoms with Crippen LogP contribution in [0.1, 0.15) is 16.7 Å². The van der Waals surface area contributed by atoms with E-state index in [1.807, 2.05) is 91.0 Å². The predicted molar refractivity (Wildman–Crippen MR) is 131 cm³/mol. The lowest BCUT2D eigenvalue weighted by atomic mass is 10.0. The van der Waals surface area contributed by atoms with Gasteiger partial charge < -0.3 is 23.7 Å². The van der Waals surface area contributed by atoms with Crippen molar-refractivity contribution in [3.8, 4) is 0 Å². The molecule has 0 amide bonds. The molecule has 1 fully saturated rings. The van der Waals surface area contributed by atoms with E-state index in [4.69, 9.17) is 23.7 Å². The van der Waals surface area contributed by atoms with E-state index >= 15 is 0 Å². The molecule has 1 saturated heterocycles. The summed E-state index contributed by atoms with van der Waals surface area (Å²) in [5, 5.41) is 0. The van der Waals surface area contributed by atoms with E-state index in [-0.39, 0.29) is 12.2 Å². The van der Waals surface area contributed by atoms with Gasteiger partial charge in [-0.15, -0.1) is 6.58 Å². The number of benzene rings is 3. The van der Waals surface area contributed by atoms with E-state index in [0.29, 0.717) is 33.0 Å². The normalized spacial score (nSPS) is 22.4. The van der Waals surface area contributed by atoms with Crippen LogP contribution in [0.5, 0.6) is 0 Å². The highest BCUT2D eigenvalue weighted by Gasteiger charge is 2.43. The first-order valence-corrected chi connectivity index (χ1v) is 11.6. The van der Waals surface area contributed by atoms with Gasteiger partial charge in [0.25, 0.3) is 0 Å². The molecular formula is C29H32O5. The van der Waals surface area contributed by atoms with Crippen molar-refractivity contribution in [1.82, 2.24) is 0 Å². The highest BCUT2D eigenvalue weighted by atomic mass is 16.7. The van der Waals surface area contributed by atoms with Crippen molar-refractivity contribution in [2.24, 2.45) is 0 Å². The lowest BCUT2D eigenvalue weighted by molar-refractivity contribution is -0.297. The monoisotopic (exact) mass is 460 g/mol. The Morgan fingerprint density at radius 3 is 1.62 bits per heavy atom. The summed E-state index contributed by atoms with van der Waals surface area (Å²) in [5.41, 5.74) is 3.25. The molecule has 0 bridgehead atoms. The fourth-order valence-electron chi connectivity index (χ4n) is 3.88. The molecule has 5 nitrogen and oxygen atoms in total. The van der Waals surface area contributed by atoms with Crippen molar-refractivity contribution in [2.75, 3.05) is 13.2 Å². The molecule has 0 aromatic heterocycles. The summed E-state index contributed by atoms with van der Waals surface area (Å²) in [5.74, 6) is 0. The van der Waals surface area contributed by atoms with Crippen LogP contribution in [0.2, 0.25) is 0 Å². The van der Waals surface area contributed by atoms with Crippen LogP contribution in [-0.2, 0) is 43.5 Å². The van der Waals surface area contributed by atoms with Crippen molar-refractivity contribution >= 4 is 0 Å². The Hall–Kier alpha value is -2.80. The van der Waals surface area contributed by atoms with Crippen LogP contribution in [0.4, 0.5) is 0 Å². The van der Waals surface area contributed by atoms with Crippen molar-refractivity contribution in [1.29, 1.82) is 0 Å². The molecule has 4 atom stereocenters. The van der Waals surface area contributed by atoms with Crippen molar-refractivity contribution in [2.45, 2.75) is 44.4 Å². The summed E-state index contributed by atoms with van der Waals surface area (Å²) < 4.78 is 31.1. The van der Waals surface area contributed by atoms with Gasteiger partial charge in [0, 0.05) is 0 Å². The van der Waals surface area contributed by atoms with Crippen LogP contribution in [0.3, 0.4) is 0 Å². The second kappa shape index (κ2) is 13.2. The molecule has 0 spiro atoms. The maximum absolute atomic E-state index is 6.45. The maximum Gasteiger partial charge on any atom is 0.186 e. The Morgan fingerprint density at radius 2 is 1.12 bits per heavy atom. The van der Waals surface area contributed by atoms with Crippen LogP contribution in [0, 0.1) is 0 Å². The minimum absolute atomic E-state index is 0.312. The van der Waals surface area contributed by atoms with Gasteiger partial charge in [0.2, 0.25) is 0 Å². The van der Waals surface area contributed by atoms with Crippen LogP contribution in [0.15, 0.2) is 104 Å². The molecule has 5 heteroatoms. The summed E-state index contributed by atoms with van der Waals surface area (Å²) in [6.07, 6.45) is -0.0444. The first-order chi connectivity index (χ1) is 16.8. The fraction of sp³-hybridized carbons (Fsp3) is 0.310. The van der Waals surface area contributed by atoms with Crippen LogP contribution >= 0.6 is 0 Å². The van der Waals surface area contributed by atoms with Crippen LogP contribution < -0.4 is 0 Å². The minimum Gasteiger partial charge on any atom is -0.368 e. The average molecular weight is 461 g/mol. The topological polar surface area (TPSA) is 46.2 Å². The van der Waals surface area contributed by atoms with Crippen molar-refractivity contribution < 1.29 is 23.7 Å². The smallest absolute Gasteiger partial charge is 0.186 e. The van der Waals surface area contributed by atoms with E-state index in [2.05, 4.69) is 6.58 Å². The molecule has 0 saturated carbocycles. The van der Waals surface area contributed by atoms with Gasteiger partial charge in [0.15, 0.2) is 6.29 Å². The maximum atomic E-state index is 6.45. The molecular weight excluding hydrogens is 428 g/mol. The molecule has 0 N–H and O–H groups in total. The first kappa shape index (κ1) is 24.3. The van der Waals surface area contributed by atoms with Gasteiger partial charge >= 0.3 is 0 Å². The summed E-state index contributed by atoms with van der Waals surface area (Å²) in [7, 11) is 0. The lowest BCUT2D eigenvalue weighted by Crippen LogP contribution is -2.56. The predicted octanol–water partition coefficient (Wildman–Crippen LogP) is 5.30. The quantitative estimate of drug-likeness (QED) is 0.343. The fourth-order valence-corrected chi connectivity index (χ4v) is 3.88. The second-order valence-corrected chi connectivity index (χ2v) is 8.18. The zero-order valence-electron chi connectivity index (χ0n) is 19.3. The van der Waals surface area contributed by atoms with E-state index in [9.17, 15) is 0 Å². The second-order valence-electron chi connectivity index (χ2n) is 8.18. The Morgan fingerprint density at radius 1 is 0.647 bits per heavy atom. The summed E-state index contributed by atoms with van der Waals surface area (Å²) in [6.45, 7) is 5.78. The number of hydrogen-bond acceptors (Lipinski definition) is 5. The van der Waals surface area contributed by atoms with E-state index < -0.39 is 12.4 Å². The third-order valence-electron chi connectivity index (χ3n) is 5.64. The molecule has 178 valence electrons. The number of rotatable bonds is 12. The first-order valence-electron chi connectivity index (χ1n) is 11.6. The van der Waals surface area contributed by atoms with E-state index in [0.717, 1.165) is 16.7 Å². The standard InChI is InChI=1S/C29H32O5/c1-2-18-30-29-28(33-21-25-16-10-5-11-17-25)27(32-20-24-14-8-4-9-15-24)26(22-34-29)31-19-23-12-6-3-7-13-23/h2-17,26-29H,1,18-22H2/t26-,27?,28?,29-/m1/s1. The van der Waals surface area contributed by atoms with Crippen LogP contribution in [-0.4, -0.2) is 37.8 Å². The largest absolute Gasteiger partial charge is 0.368 e. The SMILES string of the molecule is C=CCO[C@@H]1OC[C@@H](OCc2ccccc2)C(OCc2ccccc2)C1OCc1ccccc1.